The summed E-state index contributed by atoms with van der Waals surface area (Å²) in [6.45, 7) is 6.68. The van der Waals surface area contributed by atoms with Crippen molar-refractivity contribution < 1.29 is 0 Å². The second kappa shape index (κ2) is 4.57. The first-order chi connectivity index (χ1) is 7.65. The van der Waals surface area contributed by atoms with Gasteiger partial charge in [-0.1, -0.05) is 0 Å². The van der Waals surface area contributed by atoms with Crippen molar-refractivity contribution in [2.45, 2.75) is 27.3 Å². The number of thiazole rings is 1. The number of nitrogens with one attached hydrogen (secondary N) is 1. The Hall–Kier alpha value is -1.49. The van der Waals surface area contributed by atoms with Gasteiger partial charge in [0.1, 0.15) is 0 Å². The molecule has 2 aromatic heterocycles. The number of rotatable bonds is 3. The maximum atomic E-state index is 4.40. The van der Waals surface area contributed by atoms with Gasteiger partial charge in [0.25, 0.3) is 0 Å². The Bertz CT molecular complexity index is 456. The maximum Gasteiger partial charge on any atom is 0.183 e. The second-order valence-electron chi connectivity index (χ2n) is 3.66. The molecule has 5 heteroatoms. The molecule has 0 saturated heterocycles. The van der Waals surface area contributed by atoms with E-state index < -0.39 is 0 Å². The largest absolute Gasteiger partial charge is 0.356 e. The zero-order chi connectivity index (χ0) is 11.5. The first-order valence-electron chi connectivity index (χ1n) is 5.10. The molecule has 0 radical (unpaired) electrons. The first-order valence-corrected chi connectivity index (χ1v) is 5.92. The van der Waals surface area contributed by atoms with E-state index in [1.54, 1.807) is 23.7 Å². The highest BCUT2D eigenvalue weighted by Gasteiger charge is 2.03. The lowest BCUT2D eigenvalue weighted by atomic mass is 10.4. The summed E-state index contributed by atoms with van der Waals surface area (Å²) in [5, 5.41) is 4.19. The number of nitrogens with zero attached hydrogens (tertiary/aromatic N) is 3. The summed E-state index contributed by atoms with van der Waals surface area (Å²) in [6, 6.07) is 0. The highest BCUT2D eigenvalue weighted by Crippen LogP contribution is 2.21. The fraction of sp³-hybridized carbons (Fsp3) is 0.364. The number of aromatic nitrogens is 3. The van der Waals surface area contributed by atoms with Crippen molar-refractivity contribution in [3.8, 4) is 0 Å². The first kappa shape index (κ1) is 11.0. The fourth-order valence-corrected chi connectivity index (χ4v) is 2.04. The monoisotopic (exact) mass is 234 g/mol. The Morgan fingerprint density at radius 1 is 1.19 bits per heavy atom. The normalized spacial score (nSPS) is 10.4. The van der Waals surface area contributed by atoms with E-state index in [4.69, 9.17) is 0 Å². The van der Waals surface area contributed by atoms with Crippen LogP contribution < -0.4 is 5.32 Å². The molecule has 0 bridgehead atoms. The van der Waals surface area contributed by atoms with Gasteiger partial charge >= 0.3 is 0 Å². The third-order valence-electron chi connectivity index (χ3n) is 2.28. The zero-order valence-electron chi connectivity index (χ0n) is 9.61. The van der Waals surface area contributed by atoms with E-state index in [0.29, 0.717) is 6.54 Å². The fourth-order valence-electron chi connectivity index (χ4n) is 1.23. The Morgan fingerprint density at radius 3 is 2.56 bits per heavy atom. The van der Waals surface area contributed by atoms with Gasteiger partial charge in [0.15, 0.2) is 5.13 Å². The molecule has 16 heavy (non-hydrogen) atoms. The van der Waals surface area contributed by atoms with Crippen LogP contribution in [0, 0.1) is 20.8 Å². The lowest BCUT2D eigenvalue weighted by Crippen LogP contribution is -2.02. The van der Waals surface area contributed by atoms with Gasteiger partial charge in [0, 0.05) is 11.1 Å². The maximum absolute atomic E-state index is 4.40. The van der Waals surface area contributed by atoms with Crippen LogP contribution in [0.2, 0.25) is 0 Å². The van der Waals surface area contributed by atoms with E-state index in [1.165, 1.54) is 4.88 Å². The molecule has 84 valence electrons. The smallest absolute Gasteiger partial charge is 0.183 e. The zero-order valence-corrected chi connectivity index (χ0v) is 10.4. The SMILES string of the molecule is Cc1cnc(CNc2nc(C)c(C)s2)cn1. The van der Waals surface area contributed by atoms with Crippen molar-refractivity contribution in [2.75, 3.05) is 5.32 Å². The minimum absolute atomic E-state index is 0.666. The van der Waals surface area contributed by atoms with Crippen LogP contribution in [-0.2, 0) is 6.54 Å². The lowest BCUT2D eigenvalue weighted by Gasteiger charge is -2.01. The van der Waals surface area contributed by atoms with Crippen molar-refractivity contribution in [3.63, 3.8) is 0 Å². The van der Waals surface area contributed by atoms with Crippen LogP contribution in [0.15, 0.2) is 12.4 Å². The quantitative estimate of drug-likeness (QED) is 0.886. The number of hydrogen-bond donors (Lipinski definition) is 1. The van der Waals surface area contributed by atoms with E-state index in [-0.39, 0.29) is 0 Å². The van der Waals surface area contributed by atoms with E-state index in [9.17, 15) is 0 Å². The molecule has 1 N–H and O–H groups in total. The Labute approximate surface area is 98.8 Å². The van der Waals surface area contributed by atoms with E-state index >= 15 is 0 Å². The molecule has 0 fully saturated rings. The predicted octanol–water partition coefficient (Wildman–Crippen LogP) is 2.47. The Kier molecular flexibility index (Phi) is 3.14. The molecular weight excluding hydrogens is 220 g/mol. The highest BCUT2D eigenvalue weighted by molar-refractivity contribution is 7.15. The molecule has 0 aliphatic rings. The van der Waals surface area contributed by atoms with Crippen molar-refractivity contribution in [3.05, 3.63) is 34.4 Å². The number of anilines is 1. The van der Waals surface area contributed by atoms with Crippen molar-refractivity contribution in [1.29, 1.82) is 0 Å². The molecule has 0 aliphatic heterocycles. The van der Waals surface area contributed by atoms with Gasteiger partial charge < -0.3 is 5.32 Å². The lowest BCUT2D eigenvalue weighted by molar-refractivity contribution is 0.980. The molecule has 0 amide bonds. The molecule has 2 aromatic rings. The van der Waals surface area contributed by atoms with Gasteiger partial charge in [-0.25, -0.2) is 4.98 Å². The summed E-state index contributed by atoms with van der Waals surface area (Å²) in [5.41, 5.74) is 2.95. The van der Waals surface area contributed by atoms with Gasteiger partial charge in [0.05, 0.1) is 29.8 Å². The van der Waals surface area contributed by atoms with Crippen LogP contribution in [0.5, 0.6) is 0 Å². The molecule has 0 aliphatic carbocycles. The van der Waals surface area contributed by atoms with Crippen LogP contribution in [0.25, 0.3) is 0 Å². The molecular formula is C11H14N4S. The number of aryl methyl sites for hydroxylation is 3. The van der Waals surface area contributed by atoms with E-state index in [2.05, 4.69) is 27.2 Å². The number of hydrogen-bond acceptors (Lipinski definition) is 5. The third kappa shape index (κ3) is 2.55. The predicted molar refractivity (Wildman–Crippen MR) is 65.7 cm³/mol. The van der Waals surface area contributed by atoms with E-state index in [1.807, 2.05) is 13.8 Å². The highest BCUT2D eigenvalue weighted by atomic mass is 32.1. The molecule has 4 nitrogen and oxygen atoms in total. The summed E-state index contributed by atoms with van der Waals surface area (Å²) in [5.74, 6) is 0. The van der Waals surface area contributed by atoms with Gasteiger partial charge in [-0.2, -0.15) is 0 Å². The van der Waals surface area contributed by atoms with Crippen molar-refractivity contribution >= 4 is 16.5 Å². The average molecular weight is 234 g/mol. The van der Waals surface area contributed by atoms with Gasteiger partial charge in [-0.15, -0.1) is 11.3 Å². The summed E-state index contributed by atoms with van der Waals surface area (Å²) in [4.78, 5) is 14.1. The molecule has 0 aromatic carbocycles. The second-order valence-corrected chi connectivity index (χ2v) is 4.87. The molecule has 2 heterocycles. The molecule has 0 spiro atoms. The summed E-state index contributed by atoms with van der Waals surface area (Å²) >= 11 is 1.67. The minimum atomic E-state index is 0.666. The van der Waals surface area contributed by atoms with Gasteiger partial charge in [-0.3, -0.25) is 9.97 Å². The summed E-state index contributed by atoms with van der Waals surface area (Å²) < 4.78 is 0. The summed E-state index contributed by atoms with van der Waals surface area (Å²) in [6.07, 6.45) is 3.56. The van der Waals surface area contributed by atoms with Crippen LogP contribution in [0.3, 0.4) is 0 Å². The summed E-state index contributed by atoms with van der Waals surface area (Å²) in [7, 11) is 0. The van der Waals surface area contributed by atoms with Crippen LogP contribution in [0.1, 0.15) is 22.0 Å². The standard InChI is InChI=1S/C11H14N4S/c1-7-4-13-10(5-12-7)6-14-11-15-8(2)9(3)16-11/h4-5H,6H2,1-3H3,(H,14,15). The minimum Gasteiger partial charge on any atom is -0.356 e. The van der Waals surface area contributed by atoms with Gasteiger partial charge in [0.2, 0.25) is 0 Å². The van der Waals surface area contributed by atoms with Crippen molar-refractivity contribution in [1.82, 2.24) is 15.0 Å². The molecule has 0 saturated carbocycles. The Morgan fingerprint density at radius 2 is 2.00 bits per heavy atom. The Balaban J connectivity index is 1.99. The topological polar surface area (TPSA) is 50.7 Å². The molecule has 0 unspecified atom stereocenters. The van der Waals surface area contributed by atoms with Crippen LogP contribution >= 0.6 is 11.3 Å². The van der Waals surface area contributed by atoms with Crippen LogP contribution in [0.4, 0.5) is 5.13 Å². The third-order valence-corrected chi connectivity index (χ3v) is 3.31. The van der Waals surface area contributed by atoms with Crippen molar-refractivity contribution in [2.24, 2.45) is 0 Å². The molecule has 0 atom stereocenters. The molecule has 2 rings (SSSR count). The van der Waals surface area contributed by atoms with Crippen LogP contribution in [-0.4, -0.2) is 15.0 Å². The average Bonchev–Trinajstić information content (AvgIpc) is 2.58. The van der Waals surface area contributed by atoms with E-state index in [0.717, 1.165) is 22.2 Å². The van der Waals surface area contributed by atoms with Gasteiger partial charge in [-0.05, 0) is 20.8 Å².